The van der Waals surface area contributed by atoms with Crippen molar-refractivity contribution in [1.82, 2.24) is 10.2 Å². The molecular weight excluding hydrogens is 352 g/mol. The van der Waals surface area contributed by atoms with Crippen LogP contribution in [-0.4, -0.2) is 64.9 Å². The molecule has 1 aromatic rings. The van der Waals surface area contributed by atoms with Gasteiger partial charge in [0.1, 0.15) is 17.6 Å². The van der Waals surface area contributed by atoms with E-state index in [1.54, 1.807) is 45.0 Å². The van der Waals surface area contributed by atoms with Crippen molar-refractivity contribution in [3.63, 3.8) is 0 Å². The number of rotatable bonds is 3. The van der Waals surface area contributed by atoms with E-state index in [-0.39, 0.29) is 19.0 Å². The number of alkyl halides is 1. The molecule has 0 radical (unpaired) electrons. The molecule has 9 heteroatoms. The van der Waals surface area contributed by atoms with Gasteiger partial charge >= 0.3 is 13.2 Å². The zero-order chi connectivity index (χ0) is 19.8. The second kappa shape index (κ2) is 7.48. The van der Waals surface area contributed by atoms with Crippen LogP contribution < -0.4 is 10.8 Å². The molecule has 2 aliphatic rings. The van der Waals surface area contributed by atoms with E-state index in [0.717, 1.165) is 5.56 Å². The van der Waals surface area contributed by atoms with Gasteiger partial charge in [-0.3, -0.25) is 9.89 Å². The lowest BCUT2D eigenvalue weighted by Crippen LogP contribution is -2.46. The smallest absolute Gasteiger partial charge is 0.444 e. The third-order valence-electron chi connectivity index (χ3n) is 4.60. The number of likely N-dealkylation sites (tertiary alicyclic amines) is 1. The number of ether oxygens (including phenoxy) is 1. The van der Waals surface area contributed by atoms with Crippen molar-refractivity contribution < 1.29 is 24.0 Å². The maximum atomic E-state index is 14.0. The molecule has 1 amide bonds. The minimum Gasteiger partial charge on any atom is -0.444 e. The summed E-state index contributed by atoms with van der Waals surface area (Å²) < 4.78 is 19.4. The summed E-state index contributed by atoms with van der Waals surface area (Å²) in [6.07, 6.45) is -1.47. The maximum Gasteiger partial charge on any atom is 0.488 e. The molecule has 0 bridgehead atoms. The van der Waals surface area contributed by atoms with Crippen LogP contribution >= 0.6 is 0 Å². The number of amidine groups is 1. The molecule has 146 valence electrons. The largest absolute Gasteiger partial charge is 0.488 e. The summed E-state index contributed by atoms with van der Waals surface area (Å²) in [4.78, 5) is 18.3. The van der Waals surface area contributed by atoms with E-state index in [0.29, 0.717) is 17.8 Å². The molecule has 0 saturated carbocycles. The third kappa shape index (κ3) is 4.59. The number of hydrogen-bond donors (Lipinski definition) is 3. The van der Waals surface area contributed by atoms with Crippen LogP contribution in [0.4, 0.5) is 9.18 Å². The second-order valence-corrected chi connectivity index (χ2v) is 7.94. The fourth-order valence-electron chi connectivity index (χ4n) is 3.32. The van der Waals surface area contributed by atoms with Crippen molar-refractivity contribution in [2.75, 3.05) is 13.1 Å². The summed E-state index contributed by atoms with van der Waals surface area (Å²) >= 11 is 0. The van der Waals surface area contributed by atoms with Gasteiger partial charge in [-0.1, -0.05) is 24.3 Å². The van der Waals surface area contributed by atoms with Crippen LogP contribution in [0.5, 0.6) is 0 Å². The predicted molar refractivity (Wildman–Crippen MR) is 101 cm³/mol. The van der Waals surface area contributed by atoms with Gasteiger partial charge in [0.25, 0.3) is 0 Å². The average Bonchev–Trinajstić information content (AvgIpc) is 3.20. The number of benzene rings is 1. The van der Waals surface area contributed by atoms with Crippen LogP contribution in [0, 0.1) is 0 Å². The zero-order valence-electron chi connectivity index (χ0n) is 15.7. The first kappa shape index (κ1) is 19.6. The van der Waals surface area contributed by atoms with E-state index in [2.05, 4.69) is 10.3 Å². The van der Waals surface area contributed by atoms with Crippen molar-refractivity contribution in [1.29, 1.82) is 0 Å². The molecule has 7 nitrogen and oxygen atoms in total. The van der Waals surface area contributed by atoms with Gasteiger partial charge in [-0.05, 0) is 31.8 Å². The minimum atomic E-state index is -1.51. The first-order valence-corrected chi connectivity index (χ1v) is 9.04. The summed E-state index contributed by atoms with van der Waals surface area (Å²) in [7, 11) is -1.51. The Morgan fingerprint density at radius 2 is 2.00 bits per heavy atom. The highest BCUT2D eigenvalue weighted by Gasteiger charge is 2.42. The number of halogens is 1. The first-order valence-electron chi connectivity index (χ1n) is 9.04. The molecule has 2 heterocycles. The standard InChI is InChI=1S/C18H25BFN3O4/c1-18(2,3)27-17(24)23-10-13(20)8-15(23)16-21-9-14(22-16)11-4-6-12(7-5-11)19(25)26/h4-7,13-15,25-26H,8-10H2,1-3H3,(H,21,22)/t13-,14?,15-/m0/s1. The second-order valence-electron chi connectivity index (χ2n) is 7.94. The monoisotopic (exact) mass is 377 g/mol. The van der Waals surface area contributed by atoms with Crippen LogP contribution in [0.25, 0.3) is 0 Å². The molecule has 1 saturated heterocycles. The maximum absolute atomic E-state index is 14.0. The van der Waals surface area contributed by atoms with E-state index >= 15 is 0 Å². The Balaban J connectivity index is 1.68. The van der Waals surface area contributed by atoms with Gasteiger partial charge < -0.3 is 20.1 Å². The lowest BCUT2D eigenvalue weighted by Gasteiger charge is -2.28. The Hall–Kier alpha value is -2.13. The van der Waals surface area contributed by atoms with Crippen LogP contribution in [-0.2, 0) is 4.74 Å². The lowest BCUT2D eigenvalue weighted by molar-refractivity contribution is 0.0255. The number of carbonyl (C=O) groups is 1. The van der Waals surface area contributed by atoms with E-state index < -0.39 is 31.0 Å². The normalized spacial score (nSPS) is 25.2. The number of nitrogens with one attached hydrogen (secondary N) is 1. The summed E-state index contributed by atoms with van der Waals surface area (Å²) in [5, 5.41) is 21.6. The average molecular weight is 377 g/mol. The lowest BCUT2D eigenvalue weighted by atomic mass is 9.80. The van der Waals surface area contributed by atoms with Crippen LogP contribution in [0.15, 0.2) is 29.3 Å². The molecule has 0 spiro atoms. The van der Waals surface area contributed by atoms with Crippen molar-refractivity contribution >= 4 is 24.5 Å². The molecule has 1 aromatic carbocycles. The molecule has 3 rings (SSSR count). The molecule has 1 fully saturated rings. The van der Waals surface area contributed by atoms with Crippen LogP contribution in [0.1, 0.15) is 38.8 Å². The van der Waals surface area contributed by atoms with Crippen LogP contribution in [0.3, 0.4) is 0 Å². The fraction of sp³-hybridized carbons (Fsp3) is 0.556. The van der Waals surface area contributed by atoms with Gasteiger partial charge in [-0.25, -0.2) is 9.18 Å². The summed E-state index contributed by atoms with van der Waals surface area (Å²) in [6.45, 7) is 5.78. The highest BCUT2D eigenvalue weighted by molar-refractivity contribution is 6.58. The van der Waals surface area contributed by atoms with Crippen molar-refractivity contribution in [2.24, 2.45) is 4.99 Å². The van der Waals surface area contributed by atoms with Crippen molar-refractivity contribution in [3.8, 4) is 0 Å². The molecule has 0 aliphatic carbocycles. The molecular formula is C18H25BFN3O4. The summed E-state index contributed by atoms with van der Waals surface area (Å²) in [5.41, 5.74) is 0.685. The predicted octanol–water partition coefficient (Wildman–Crippen LogP) is 0.757. The number of amides is 1. The number of carbonyl (C=O) groups excluding carboxylic acids is 1. The molecule has 1 unspecified atom stereocenters. The van der Waals surface area contributed by atoms with E-state index in [1.165, 1.54) is 4.90 Å². The summed E-state index contributed by atoms with van der Waals surface area (Å²) in [5.74, 6) is 0.581. The van der Waals surface area contributed by atoms with E-state index in [1.807, 2.05) is 0 Å². The van der Waals surface area contributed by atoms with E-state index in [9.17, 15) is 19.2 Å². The first-order chi connectivity index (χ1) is 12.6. The Bertz CT molecular complexity index is 720. The molecule has 0 aromatic heterocycles. The van der Waals surface area contributed by atoms with Gasteiger partial charge in [0.15, 0.2) is 0 Å². The Labute approximate surface area is 158 Å². The SMILES string of the molecule is CC(C)(C)OC(=O)N1C[C@@H](F)C[C@H]1C1=NCC(c2ccc(B(O)O)cc2)N1. The van der Waals surface area contributed by atoms with Gasteiger partial charge in [-0.2, -0.15) is 0 Å². The van der Waals surface area contributed by atoms with Crippen molar-refractivity contribution in [3.05, 3.63) is 29.8 Å². The van der Waals surface area contributed by atoms with Crippen LogP contribution in [0.2, 0.25) is 0 Å². The fourth-order valence-corrected chi connectivity index (χ4v) is 3.32. The van der Waals surface area contributed by atoms with Gasteiger partial charge in [0.05, 0.1) is 25.2 Å². The molecule has 3 atom stereocenters. The topological polar surface area (TPSA) is 94.4 Å². The molecule has 2 aliphatic heterocycles. The molecule has 3 N–H and O–H groups in total. The number of aliphatic imine (C=N–C) groups is 1. The van der Waals surface area contributed by atoms with Gasteiger partial charge in [0, 0.05) is 6.42 Å². The van der Waals surface area contributed by atoms with E-state index in [4.69, 9.17) is 4.74 Å². The minimum absolute atomic E-state index is 0.00592. The van der Waals surface area contributed by atoms with Crippen molar-refractivity contribution in [2.45, 2.75) is 51.0 Å². The number of nitrogens with zero attached hydrogens (tertiary/aromatic N) is 2. The highest BCUT2D eigenvalue weighted by atomic mass is 19.1. The quantitative estimate of drug-likeness (QED) is 0.677. The Morgan fingerprint density at radius 3 is 2.59 bits per heavy atom. The van der Waals surface area contributed by atoms with Gasteiger partial charge in [-0.15, -0.1) is 0 Å². The molecule has 27 heavy (non-hydrogen) atoms. The zero-order valence-corrected chi connectivity index (χ0v) is 15.7. The Kier molecular flexibility index (Phi) is 5.44. The highest BCUT2D eigenvalue weighted by Crippen LogP contribution is 2.27. The van der Waals surface area contributed by atoms with Gasteiger partial charge in [0.2, 0.25) is 0 Å². The summed E-state index contributed by atoms with van der Waals surface area (Å²) in [6, 6.07) is 6.29. The number of hydrogen-bond acceptors (Lipinski definition) is 6. The third-order valence-corrected chi connectivity index (χ3v) is 4.60. The Morgan fingerprint density at radius 1 is 1.33 bits per heavy atom.